The van der Waals surface area contributed by atoms with Crippen molar-refractivity contribution in [1.82, 2.24) is 0 Å². The SMILES string of the molecule is O=C(OC(CS(=O)(=O)O)C(F)(F)F)C1CCc2ccccc21. The van der Waals surface area contributed by atoms with Crippen molar-refractivity contribution >= 4 is 16.1 Å². The van der Waals surface area contributed by atoms with Gasteiger partial charge in [-0.25, -0.2) is 0 Å². The van der Waals surface area contributed by atoms with Crippen LogP contribution >= 0.6 is 0 Å². The summed E-state index contributed by atoms with van der Waals surface area (Å²) in [5.74, 6) is -3.71. The number of aryl methyl sites for hydroxylation is 1. The quantitative estimate of drug-likeness (QED) is 0.671. The van der Waals surface area contributed by atoms with E-state index < -0.39 is 40.0 Å². The molecule has 122 valence electrons. The first-order chi connectivity index (χ1) is 10.1. The van der Waals surface area contributed by atoms with Crippen molar-refractivity contribution in [2.45, 2.75) is 31.0 Å². The highest BCUT2D eigenvalue weighted by Crippen LogP contribution is 2.35. The van der Waals surface area contributed by atoms with E-state index in [4.69, 9.17) is 4.55 Å². The number of halogens is 3. The van der Waals surface area contributed by atoms with Gasteiger partial charge in [0.2, 0.25) is 6.10 Å². The Hall–Kier alpha value is -1.61. The number of carbonyl (C=O) groups excluding carboxylic acids is 1. The third-order valence-corrected chi connectivity index (χ3v) is 4.13. The van der Waals surface area contributed by atoms with Crippen LogP contribution in [0, 0.1) is 0 Å². The Kier molecular flexibility index (Phi) is 4.48. The Labute approximate surface area is 124 Å². The van der Waals surface area contributed by atoms with E-state index in [1.54, 1.807) is 24.3 Å². The van der Waals surface area contributed by atoms with Crippen molar-refractivity contribution in [2.75, 3.05) is 5.75 Å². The van der Waals surface area contributed by atoms with Crippen LogP contribution in [0.5, 0.6) is 0 Å². The fraction of sp³-hybridized carbons (Fsp3) is 0.462. The zero-order chi connectivity index (χ0) is 16.5. The van der Waals surface area contributed by atoms with Crippen LogP contribution in [0.1, 0.15) is 23.5 Å². The smallest absolute Gasteiger partial charge is 0.426 e. The van der Waals surface area contributed by atoms with Crippen LogP contribution in [-0.2, 0) is 26.1 Å². The highest BCUT2D eigenvalue weighted by atomic mass is 32.2. The molecule has 22 heavy (non-hydrogen) atoms. The van der Waals surface area contributed by atoms with Crippen LogP contribution in [0.3, 0.4) is 0 Å². The highest BCUT2D eigenvalue weighted by Gasteiger charge is 2.46. The van der Waals surface area contributed by atoms with E-state index in [-0.39, 0.29) is 0 Å². The maximum absolute atomic E-state index is 12.7. The zero-order valence-corrected chi connectivity index (χ0v) is 12.0. The van der Waals surface area contributed by atoms with Gasteiger partial charge < -0.3 is 4.74 Å². The molecular weight excluding hydrogens is 325 g/mol. The lowest BCUT2D eigenvalue weighted by molar-refractivity contribution is -0.216. The van der Waals surface area contributed by atoms with Crippen molar-refractivity contribution in [2.24, 2.45) is 0 Å². The number of hydrogen-bond donors (Lipinski definition) is 1. The van der Waals surface area contributed by atoms with Gasteiger partial charge in [-0.3, -0.25) is 9.35 Å². The minimum Gasteiger partial charge on any atom is -0.451 e. The topological polar surface area (TPSA) is 80.7 Å². The maximum Gasteiger partial charge on any atom is 0.426 e. The zero-order valence-electron chi connectivity index (χ0n) is 11.2. The monoisotopic (exact) mass is 338 g/mol. The van der Waals surface area contributed by atoms with Crippen LogP contribution in [0.4, 0.5) is 13.2 Å². The molecule has 1 aliphatic rings. The van der Waals surface area contributed by atoms with Crippen molar-refractivity contribution in [3.8, 4) is 0 Å². The van der Waals surface area contributed by atoms with Crippen molar-refractivity contribution in [3.63, 3.8) is 0 Å². The molecule has 0 spiro atoms. The van der Waals surface area contributed by atoms with Gasteiger partial charge in [-0.1, -0.05) is 24.3 Å². The summed E-state index contributed by atoms with van der Waals surface area (Å²) in [6.45, 7) is 0. The number of hydrogen-bond acceptors (Lipinski definition) is 4. The normalized spacial score (nSPS) is 19.5. The summed E-state index contributed by atoms with van der Waals surface area (Å²) in [7, 11) is -4.93. The minimum atomic E-state index is -5.08. The molecule has 2 rings (SSSR count). The number of rotatable bonds is 4. The van der Waals surface area contributed by atoms with Gasteiger partial charge in [-0.05, 0) is 24.0 Å². The Morgan fingerprint density at radius 1 is 1.36 bits per heavy atom. The van der Waals surface area contributed by atoms with Crippen molar-refractivity contribution in [1.29, 1.82) is 0 Å². The second-order valence-corrected chi connectivity index (χ2v) is 6.50. The predicted octanol–water partition coefficient (Wildman–Crippen LogP) is 2.08. The molecule has 0 aliphatic heterocycles. The van der Waals surface area contributed by atoms with Gasteiger partial charge in [0.15, 0.2) is 0 Å². The largest absolute Gasteiger partial charge is 0.451 e. The van der Waals surface area contributed by atoms with E-state index in [2.05, 4.69) is 4.74 Å². The van der Waals surface area contributed by atoms with Crippen LogP contribution in [0.25, 0.3) is 0 Å². The van der Waals surface area contributed by atoms with Gasteiger partial charge >= 0.3 is 12.1 Å². The lowest BCUT2D eigenvalue weighted by Crippen LogP contribution is -2.40. The van der Waals surface area contributed by atoms with Crippen LogP contribution in [0.2, 0.25) is 0 Å². The summed E-state index contributed by atoms with van der Waals surface area (Å²) >= 11 is 0. The molecule has 0 amide bonds. The summed E-state index contributed by atoms with van der Waals surface area (Å²) in [5, 5.41) is 0. The molecular formula is C13H13F3O5S. The molecule has 2 atom stereocenters. The van der Waals surface area contributed by atoms with Crippen molar-refractivity contribution < 1.29 is 35.7 Å². The van der Waals surface area contributed by atoms with E-state index in [9.17, 15) is 26.4 Å². The molecule has 1 N–H and O–H groups in total. The summed E-state index contributed by atoms with van der Waals surface area (Å²) in [5.41, 5.74) is 1.43. The number of carbonyl (C=O) groups is 1. The van der Waals surface area contributed by atoms with Gasteiger partial charge in [-0.15, -0.1) is 0 Å². The van der Waals surface area contributed by atoms with Crippen molar-refractivity contribution in [3.05, 3.63) is 35.4 Å². The predicted molar refractivity (Wildman–Crippen MR) is 69.9 cm³/mol. The van der Waals surface area contributed by atoms with Gasteiger partial charge in [0.25, 0.3) is 10.1 Å². The first-order valence-electron chi connectivity index (χ1n) is 6.38. The van der Waals surface area contributed by atoms with Gasteiger partial charge in [-0.2, -0.15) is 21.6 Å². The number of fused-ring (bicyclic) bond motifs is 1. The average molecular weight is 338 g/mol. The maximum atomic E-state index is 12.7. The number of ether oxygens (including phenoxy) is 1. The molecule has 0 saturated carbocycles. The Balaban J connectivity index is 2.16. The number of alkyl halides is 3. The van der Waals surface area contributed by atoms with Crippen LogP contribution < -0.4 is 0 Å². The molecule has 0 saturated heterocycles. The molecule has 1 aromatic carbocycles. The molecule has 2 unspecified atom stereocenters. The third kappa shape index (κ3) is 3.98. The van der Waals surface area contributed by atoms with Gasteiger partial charge in [0.05, 0.1) is 5.92 Å². The summed E-state index contributed by atoms with van der Waals surface area (Å²) < 4.78 is 72.4. The van der Waals surface area contributed by atoms with Crippen LogP contribution in [0.15, 0.2) is 24.3 Å². The molecule has 9 heteroatoms. The molecule has 1 aromatic rings. The number of benzene rings is 1. The third-order valence-electron chi connectivity index (χ3n) is 3.40. The number of esters is 1. The standard InChI is InChI=1S/C13H13F3O5S/c14-13(15,16)11(7-22(18,19)20)21-12(17)10-6-5-8-3-1-2-4-9(8)10/h1-4,10-11H,5-7H2,(H,18,19,20). The average Bonchev–Trinajstić information content (AvgIpc) is 2.79. The van der Waals surface area contributed by atoms with E-state index in [1.165, 1.54) is 0 Å². The first kappa shape index (κ1) is 16.8. The van der Waals surface area contributed by atoms with E-state index >= 15 is 0 Å². The Morgan fingerprint density at radius 3 is 2.59 bits per heavy atom. The molecule has 0 heterocycles. The summed E-state index contributed by atoms with van der Waals surface area (Å²) in [6, 6.07) is 6.80. The van der Waals surface area contributed by atoms with E-state index in [0.717, 1.165) is 5.56 Å². The second-order valence-electron chi connectivity index (χ2n) is 5.01. The summed E-state index contributed by atoms with van der Waals surface area (Å²) in [4.78, 5) is 12.0. The van der Waals surface area contributed by atoms with E-state index in [0.29, 0.717) is 18.4 Å². The Morgan fingerprint density at radius 2 is 2.00 bits per heavy atom. The molecule has 0 bridgehead atoms. The molecule has 1 aliphatic carbocycles. The second kappa shape index (κ2) is 5.88. The fourth-order valence-electron chi connectivity index (χ4n) is 2.41. The first-order valence-corrected chi connectivity index (χ1v) is 7.99. The van der Waals surface area contributed by atoms with Crippen LogP contribution in [-0.4, -0.2) is 37.0 Å². The van der Waals surface area contributed by atoms with Gasteiger partial charge in [0, 0.05) is 0 Å². The lowest BCUT2D eigenvalue weighted by Gasteiger charge is -2.21. The lowest BCUT2D eigenvalue weighted by atomic mass is 10.0. The molecule has 0 fully saturated rings. The van der Waals surface area contributed by atoms with Gasteiger partial charge in [0.1, 0.15) is 5.75 Å². The molecule has 0 radical (unpaired) electrons. The fourth-order valence-corrected chi connectivity index (χ4v) is 3.05. The minimum absolute atomic E-state index is 0.300. The van der Waals surface area contributed by atoms with E-state index in [1.807, 2.05) is 0 Å². The molecule has 5 nitrogen and oxygen atoms in total. The summed E-state index contributed by atoms with van der Waals surface area (Å²) in [6.07, 6.45) is -7.13. The highest BCUT2D eigenvalue weighted by molar-refractivity contribution is 7.85. The Bertz CT molecular complexity index is 668. The molecule has 0 aromatic heterocycles.